The van der Waals surface area contributed by atoms with E-state index in [9.17, 15) is 4.39 Å². The molecule has 0 aliphatic carbocycles. The van der Waals surface area contributed by atoms with Gasteiger partial charge < -0.3 is 5.32 Å². The number of halogens is 2. The number of hydrogen-bond donors (Lipinski definition) is 1. The summed E-state index contributed by atoms with van der Waals surface area (Å²) in [4.78, 5) is 0. The maximum atomic E-state index is 13.0. The minimum atomic E-state index is -0.227. The largest absolute Gasteiger partial charge is 0.371 e. The first-order valence-electron chi connectivity index (χ1n) is 3.82. The van der Waals surface area contributed by atoms with Crippen LogP contribution in [0.25, 0.3) is 0 Å². The summed E-state index contributed by atoms with van der Waals surface area (Å²) in [6.07, 6.45) is 5.20. The van der Waals surface area contributed by atoms with Gasteiger partial charge in [-0.2, -0.15) is 0 Å². The summed E-state index contributed by atoms with van der Waals surface area (Å²) in [5.74, 6) is 2.30. The van der Waals surface area contributed by atoms with Crippen LogP contribution >= 0.6 is 22.6 Å². The van der Waals surface area contributed by atoms with Gasteiger partial charge in [-0.05, 0) is 41.6 Å². The molecule has 0 aromatic heterocycles. The van der Waals surface area contributed by atoms with Crippen molar-refractivity contribution in [3.05, 3.63) is 27.6 Å². The minimum absolute atomic E-state index is 0.0877. The van der Waals surface area contributed by atoms with Crippen LogP contribution in [-0.2, 0) is 0 Å². The standard InChI is InChI=1S/C10H9FIN/c1-3-7(2)13-9-6-4-5-8(11)10(9)12/h1,4-7,13H,2H3. The zero-order chi connectivity index (χ0) is 9.84. The monoisotopic (exact) mass is 289 g/mol. The van der Waals surface area contributed by atoms with Crippen molar-refractivity contribution >= 4 is 28.3 Å². The van der Waals surface area contributed by atoms with Crippen LogP contribution in [0.1, 0.15) is 6.92 Å². The molecule has 1 aromatic rings. The molecule has 0 fully saturated rings. The number of benzene rings is 1. The van der Waals surface area contributed by atoms with Crippen LogP contribution in [0.4, 0.5) is 10.1 Å². The van der Waals surface area contributed by atoms with E-state index in [-0.39, 0.29) is 11.9 Å². The summed E-state index contributed by atoms with van der Waals surface area (Å²) in [7, 11) is 0. The molecule has 1 rings (SSSR count). The van der Waals surface area contributed by atoms with Gasteiger partial charge in [0.05, 0.1) is 15.3 Å². The maximum Gasteiger partial charge on any atom is 0.138 e. The molecule has 0 aliphatic heterocycles. The Balaban J connectivity index is 2.90. The van der Waals surface area contributed by atoms with Gasteiger partial charge in [-0.1, -0.05) is 12.0 Å². The van der Waals surface area contributed by atoms with E-state index in [1.54, 1.807) is 12.1 Å². The predicted molar refractivity (Wildman–Crippen MR) is 61.0 cm³/mol. The van der Waals surface area contributed by atoms with Gasteiger partial charge in [-0.25, -0.2) is 4.39 Å². The van der Waals surface area contributed by atoms with E-state index in [4.69, 9.17) is 6.42 Å². The van der Waals surface area contributed by atoms with Gasteiger partial charge in [-0.15, -0.1) is 6.42 Å². The second-order valence-corrected chi connectivity index (χ2v) is 3.71. The van der Waals surface area contributed by atoms with Gasteiger partial charge >= 0.3 is 0 Å². The smallest absolute Gasteiger partial charge is 0.138 e. The van der Waals surface area contributed by atoms with Crippen LogP contribution in [0.5, 0.6) is 0 Å². The zero-order valence-electron chi connectivity index (χ0n) is 7.14. The van der Waals surface area contributed by atoms with Crippen molar-refractivity contribution < 1.29 is 4.39 Å². The van der Waals surface area contributed by atoms with Crippen molar-refractivity contribution in [2.45, 2.75) is 13.0 Å². The summed E-state index contributed by atoms with van der Waals surface area (Å²) in [5.41, 5.74) is 0.742. The number of hydrogen-bond acceptors (Lipinski definition) is 1. The molecular formula is C10H9FIN. The maximum absolute atomic E-state index is 13.0. The third-order valence-electron chi connectivity index (χ3n) is 1.57. The van der Waals surface area contributed by atoms with Gasteiger partial charge in [0.2, 0.25) is 0 Å². The highest BCUT2D eigenvalue weighted by Gasteiger charge is 2.05. The third kappa shape index (κ3) is 2.59. The van der Waals surface area contributed by atoms with E-state index >= 15 is 0 Å². The molecule has 3 heteroatoms. The van der Waals surface area contributed by atoms with Crippen molar-refractivity contribution in [1.82, 2.24) is 0 Å². The average molecular weight is 289 g/mol. The predicted octanol–water partition coefficient (Wildman–Crippen LogP) is 2.86. The molecular weight excluding hydrogens is 280 g/mol. The van der Waals surface area contributed by atoms with Crippen molar-refractivity contribution in [2.24, 2.45) is 0 Å². The van der Waals surface area contributed by atoms with Gasteiger partial charge in [0.15, 0.2) is 0 Å². The van der Waals surface area contributed by atoms with E-state index in [0.29, 0.717) is 3.57 Å². The summed E-state index contributed by atoms with van der Waals surface area (Å²) in [5, 5.41) is 3.02. The van der Waals surface area contributed by atoms with Gasteiger partial charge in [0, 0.05) is 0 Å². The van der Waals surface area contributed by atoms with E-state index in [1.807, 2.05) is 29.5 Å². The Morgan fingerprint density at radius 2 is 2.31 bits per heavy atom. The lowest BCUT2D eigenvalue weighted by molar-refractivity contribution is 0.621. The van der Waals surface area contributed by atoms with Crippen molar-refractivity contribution in [3.63, 3.8) is 0 Å². The lowest BCUT2D eigenvalue weighted by atomic mass is 10.2. The fraction of sp³-hybridized carbons (Fsp3) is 0.200. The molecule has 0 heterocycles. The number of terminal acetylenes is 1. The first kappa shape index (κ1) is 10.3. The molecule has 1 unspecified atom stereocenters. The minimum Gasteiger partial charge on any atom is -0.371 e. The molecule has 1 N–H and O–H groups in total. The Labute approximate surface area is 90.9 Å². The fourth-order valence-corrected chi connectivity index (χ4v) is 1.41. The Kier molecular flexibility index (Phi) is 3.55. The van der Waals surface area contributed by atoms with Gasteiger partial charge in [0.1, 0.15) is 5.82 Å². The Bertz CT molecular complexity index is 343. The van der Waals surface area contributed by atoms with Crippen LogP contribution < -0.4 is 5.32 Å². The van der Waals surface area contributed by atoms with Crippen molar-refractivity contribution in [3.8, 4) is 12.3 Å². The second kappa shape index (κ2) is 4.47. The summed E-state index contributed by atoms with van der Waals surface area (Å²) < 4.78 is 13.6. The third-order valence-corrected chi connectivity index (χ3v) is 2.67. The highest BCUT2D eigenvalue weighted by Crippen LogP contribution is 2.21. The number of rotatable bonds is 2. The quantitative estimate of drug-likeness (QED) is 0.652. The Morgan fingerprint density at radius 3 is 2.92 bits per heavy atom. The number of nitrogens with one attached hydrogen (secondary N) is 1. The number of anilines is 1. The lowest BCUT2D eigenvalue weighted by Crippen LogP contribution is -2.13. The molecule has 13 heavy (non-hydrogen) atoms. The molecule has 0 radical (unpaired) electrons. The summed E-state index contributed by atoms with van der Waals surface area (Å²) >= 11 is 1.95. The highest BCUT2D eigenvalue weighted by atomic mass is 127. The Morgan fingerprint density at radius 1 is 1.62 bits per heavy atom. The van der Waals surface area contributed by atoms with E-state index < -0.39 is 0 Å². The molecule has 1 aromatic carbocycles. The van der Waals surface area contributed by atoms with Crippen LogP contribution in [-0.4, -0.2) is 6.04 Å². The molecule has 0 saturated carbocycles. The van der Waals surface area contributed by atoms with Crippen LogP contribution in [0.2, 0.25) is 0 Å². The Hall–Kier alpha value is -0.760. The van der Waals surface area contributed by atoms with Crippen LogP contribution in [0.3, 0.4) is 0 Å². The van der Waals surface area contributed by atoms with E-state index in [1.165, 1.54) is 6.07 Å². The van der Waals surface area contributed by atoms with Gasteiger partial charge in [0.25, 0.3) is 0 Å². The van der Waals surface area contributed by atoms with Crippen molar-refractivity contribution in [2.75, 3.05) is 5.32 Å². The van der Waals surface area contributed by atoms with E-state index in [0.717, 1.165) is 5.69 Å². The summed E-state index contributed by atoms with van der Waals surface area (Å²) in [6.45, 7) is 1.85. The first-order valence-corrected chi connectivity index (χ1v) is 4.89. The van der Waals surface area contributed by atoms with Crippen LogP contribution in [0, 0.1) is 21.7 Å². The normalized spacial score (nSPS) is 11.8. The first-order chi connectivity index (χ1) is 6.15. The van der Waals surface area contributed by atoms with E-state index in [2.05, 4.69) is 11.2 Å². The molecule has 1 atom stereocenters. The molecule has 1 nitrogen and oxygen atoms in total. The SMILES string of the molecule is C#CC(C)Nc1cccc(F)c1I. The zero-order valence-corrected chi connectivity index (χ0v) is 9.30. The lowest BCUT2D eigenvalue weighted by Gasteiger charge is -2.11. The molecule has 0 amide bonds. The molecule has 0 spiro atoms. The van der Waals surface area contributed by atoms with Crippen LogP contribution in [0.15, 0.2) is 18.2 Å². The second-order valence-electron chi connectivity index (χ2n) is 2.63. The fourth-order valence-electron chi connectivity index (χ4n) is 0.890. The van der Waals surface area contributed by atoms with Crippen molar-refractivity contribution in [1.29, 1.82) is 0 Å². The molecule has 68 valence electrons. The summed E-state index contributed by atoms with van der Waals surface area (Å²) in [6, 6.07) is 4.80. The molecule has 0 saturated heterocycles. The highest BCUT2D eigenvalue weighted by molar-refractivity contribution is 14.1. The van der Waals surface area contributed by atoms with Gasteiger partial charge in [-0.3, -0.25) is 0 Å². The molecule has 0 aliphatic rings. The average Bonchev–Trinajstić information content (AvgIpc) is 2.13. The molecule has 0 bridgehead atoms. The topological polar surface area (TPSA) is 12.0 Å².